The first kappa shape index (κ1) is 12.9. The Morgan fingerprint density at radius 1 is 1.32 bits per heavy atom. The van der Waals surface area contributed by atoms with Gasteiger partial charge in [0, 0.05) is 41.6 Å². The van der Waals surface area contributed by atoms with Gasteiger partial charge in [0.1, 0.15) is 0 Å². The number of thiophene rings is 1. The van der Waals surface area contributed by atoms with Crippen LogP contribution in [0.1, 0.15) is 35.2 Å². The van der Waals surface area contributed by atoms with Gasteiger partial charge in [-0.1, -0.05) is 0 Å². The average Bonchev–Trinajstić information content (AvgIpc) is 3.03. The van der Waals surface area contributed by atoms with Gasteiger partial charge in [-0.3, -0.25) is 9.58 Å². The summed E-state index contributed by atoms with van der Waals surface area (Å²) in [7, 11) is 0. The van der Waals surface area contributed by atoms with Crippen molar-refractivity contribution in [2.24, 2.45) is 0 Å². The fourth-order valence-corrected chi connectivity index (χ4v) is 3.31. The lowest BCUT2D eigenvalue weighted by Crippen LogP contribution is -2.25. The molecular weight excluding hydrogens is 254 g/mol. The number of aryl methyl sites for hydroxylation is 2. The minimum absolute atomic E-state index is 0.772. The zero-order valence-corrected chi connectivity index (χ0v) is 12.5. The molecule has 0 aromatic carbocycles. The standard InChI is InChI=1S/C15H21N3S/c1-3-18-9-8-13(16-18)10-17(14-5-6-14)11-15-7-4-12(2)19-15/h4,7-9,14H,3,5-6,10-11H2,1-2H3. The summed E-state index contributed by atoms with van der Waals surface area (Å²) in [6.45, 7) is 7.31. The van der Waals surface area contributed by atoms with Crippen LogP contribution >= 0.6 is 11.3 Å². The van der Waals surface area contributed by atoms with Crippen molar-refractivity contribution in [2.45, 2.75) is 52.4 Å². The van der Waals surface area contributed by atoms with Crippen LogP contribution < -0.4 is 0 Å². The molecule has 1 saturated carbocycles. The molecule has 2 heterocycles. The van der Waals surface area contributed by atoms with Crippen LogP contribution in [0.15, 0.2) is 24.4 Å². The summed E-state index contributed by atoms with van der Waals surface area (Å²) in [4.78, 5) is 5.45. The number of nitrogens with zero attached hydrogens (tertiary/aromatic N) is 3. The molecule has 3 nitrogen and oxygen atoms in total. The topological polar surface area (TPSA) is 21.1 Å². The van der Waals surface area contributed by atoms with Crippen molar-refractivity contribution >= 4 is 11.3 Å². The third-order valence-corrected chi connectivity index (χ3v) is 4.59. The summed E-state index contributed by atoms with van der Waals surface area (Å²) in [5.41, 5.74) is 1.20. The van der Waals surface area contributed by atoms with Gasteiger partial charge < -0.3 is 0 Å². The predicted molar refractivity (Wildman–Crippen MR) is 79.2 cm³/mol. The fraction of sp³-hybridized carbons (Fsp3) is 0.533. The van der Waals surface area contributed by atoms with Gasteiger partial charge >= 0.3 is 0 Å². The quantitative estimate of drug-likeness (QED) is 0.805. The first-order valence-corrected chi connectivity index (χ1v) is 7.88. The van der Waals surface area contributed by atoms with Crippen LogP contribution in [-0.2, 0) is 19.6 Å². The summed E-state index contributed by atoms with van der Waals surface area (Å²) in [5.74, 6) is 0. The molecule has 1 aliphatic carbocycles. The third-order valence-electron chi connectivity index (χ3n) is 3.60. The summed E-state index contributed by atoms with van der Waals surface area (Å²) in [5, 5.41) is 4.60. The maximum atomic E-state index is 4.60. The summed E-state index contributed by atoms with van der Waals surface area (Å²) < 4.78 is 2.01. The molecule has 0 bridgehead atoms. The van der Waals surface area contributed by atoms with Crippen LogP contribution in [0, 0.1) is 6.92 Å². The number of rotatable bonds is 6. The van der Waals surface area contributed by atoms with Crippen LogP contribution in [0.2, 0.25) is 0 Å². The Labute approximate surface area is 118 Å². The first-order valence-electron chi connectivity index (χ1n) is 7.06. The van der Waals surface area contributed by atoms with E-state index in [9.17, 15) is 0 Å². The highest BCUT2D eigenvalue weighted by Crippen LogP contribution is 2.30. The monoisotopic (exact) mass is 275 g/mol. The Hall–Kier alpha value is -1.13. The Balaban J connectivity index is 1.67. The highest BCUT2D eigenvalue weighted by molar-refractivity contribution is 7.11. The molecule has 1 aliphatic rings. The van der Waals surface area contributed by atoms with Gasteiger partial charge in [0.2, 0.25) is 0 Å². The Kier molecular flexibility index (Phi) is 3.71. The molecule has 0 aliphatic heterocycles. The van der Waals surface area contributed by atoms with Gasteiger partial charge in [-0.2, -0.15) is 5.10 Å². The predicted octanol–water partition coefficient (Wildman–Crippen LogP) is 3.44. The van der Waals surface area contributed by atoms with Crippen LogP contribution in [-0.4, -0.2) is 20.7 Å². The number of aromatic nitrogens is 2. The lowest BCUT2D eigenvalue weighted by molar-refractivity contribution is 0.244. The van der Waals surface area contributed by atoms with Crippen molar-refractivity contribution in [3.63, 3.8) is 0 Å². The molecule has 3 rings (SSSR count). The van der Waals surface area contributed by atoms with E-state index in [0.717, 1.165) is 25.7 Å². The largest absolute Gasteiger partial charge is 0.289 e. The molecule has 0 saturated heterocycles. The van der Waals surface area contributed by atoms with Crippen LogP contribution in [0.25, 0.3) is 0 Å². The van der Waals surface area contributed by atoms with E-state index in [1.165, 1.54) is 28.3 Å². The summed E-state index contributed by atoms with van der Waals surface area (Å²) in [6.07, 6.45) is 4.77. The second-order valence-corrected chi connectivity index (χ2v) is 6.68. The van der Waals surface area contributed by atoms with Crippen molar-refractivity contribution in [2.75, 3.05) is 0 Å². The summed E-state index contributed by atoms with van der Waals surface area (Å²) >= 11 is 1.91. The maximum absolute atomic E-state index is 4.60. The number of hydrogen-bond donors (Lipinski definition) is 0. The van der Waals surface area contributed by atoms with Gasteiger partial charge in [-0.05, 0) is 44.9 Å². The Morgan fingerprint density at radius 2 is 2.16 bits per heavy atom. The van der Waals surface area contributed by atoms with E-state index in [2.05, 4.69) is 48.2 Å². The lowest BCUT2D eigenvalue weighted by atomic mass is 10.3. The molecule has 0 atom stereocenters. The zero-order valence-electron chi connectivity index (χ0n) is 11.7. The molecule has 0 unspecified atom stereocenters. The zero-order chi connectivity index (χ0) is 13.2. The van der Waals surface area contributed by atoms with Crippen molar-refractivity contribution in [1.29, 1.82) is 0 Å². The molecule has 2 aromatic rings. The second-order valence-electron chi connectivity index (χ2n) is 5.31. The van der Waals surface area contributed by atoms with Crippen molar-refractivity contribution < 1.29 is 0 Å². The highest BCUT2D eigenvalue weighted by atomic mass is 32.1. The van der Waals surface area contributed by atoms with Gasteiger partial charge in [0.25, 0.3) is 0 Å². The molecule has 1 fully saturated rings. The maximum Gasteiger partial charge on any atom is 0.0765 e. The fourth-order valence-electron chi connectivity index (χ4n) is 2.40. The molecule has 0 amide bonds. The first-order chi connectivity index (χ1) is 9.24. The molecular formula is C15H21N3S. The van der Waals surface area contributed by atoms with E-state index >= 15 is 0 Å². The smallest absolute Gasteiger partial charge is 0.0765 e. The van der Waals surface area contributed by atoms with Crippen LogP contribution in [0.5, 0.6) is 0 Å². The normalized spacial score (nSPS) is 15.3. The minimum Gasteiger partial charge on any atom is -0.289 e. The van der Waals surface area contributed by atoms with Gasteiger partial charge in [0.15, 0.2) is 0 Å². The molecule has 0 N–H and O–H groups in total. The van der Waals surface area contributed by atoms with Gasteiger partial charge in [-0.25, -0.2) is 0 Å². The molecule has 0 radical (unpaired) electrons. The number of hydrogen-bond acceptors (Lipinski definition) is 3. The molecule has 102 valence electrons. The summed E-state index contributed by atoms with van der Waals surface area (Å²) in [6, 6.07) is 7.41. The highest BCUT2D eigenvalue weighted by Gasteiger charge is 2.29. The molecule has 19 heavy (non-hydrogen) atoms. The average molecular weight is 275 g/mol. The molecule has 0 spiro atoms. The third kappa shape index (κ3) is 3.25. The molecule has 2 aromatic heterocycles. The second kappa shape index (κ2) is 5.47. The van der Waals surface area contributed by atoms with Crippen LogP contribution in [0.4, 0.5) is 0 Å². The van der Waals surface area contributed by atoms with E-state index in [1.807, 2.05) is 16.0 Å². The Bertz CT molecular complexity index is 539. The van der Waals surface area contributed by atoms with E-state index < -0.39 is 0 Å². The van der Waals surface area contributed by atoms with E-state index in [1.54, 1.807) is 0 Å². The molecule has 4 heteroatoms. The van der Waals surface area contributed by atoms with E-state index in [0.29, 0.717) is 0 Å². The van der Waals surface area contributed by atoms with Crippen molar-refractivity contribution in [3.05, 3.63) is 39.8 Å². The van der Waals surface area contributed by atoms with E-state index in [-0.39, 0.29) is 0 Å². The SMILES string of the molecule is CCn1ccc(CN(Cc2ccc(C)s2)C2CC2)n1. The lowest BCUT2D eigenvalue weighted by Gasteiger charge is -2.20. The minimum atomic E-state index is 0.772. The van der Waals surface area contributed by atoms with Crippen LogP contribution in [0.3, 0.4) is 0 Å². The van der Waals surface area contributed by atoms with E-state index in [4.69, 9.17) is 0 Å². The van der Waals surface area contributed by atoms with Gasteiger partial charge in [-0.15, -0.1) is 11.3 Å². The Morgan fingerprint density at radius 3 is 2.74 bits per heavy atom. The van der Waals surface area contributed by atoms with Crippen molar-refractivity contribution in [1.82, 2.24) is 14.7 Å². The van der Waals surface area contributed by atoms with Gasteiger partial charge in [0.05, 0.1) is 5.69 Å². The van der Waals surface area contributed by atoms with Crippen molar-refractivity contribution in [3.8, 4) is 0 Å².